The van der Waals surface area contributed by atoms with Crippen molar-refractivity contribution in [3.63, 3.8) is 0 Å². The summed E-state index contributed by atoms with van der Waals surface area (Å²) in [5.74, 6) is 0.423. The molecule has 3 rings (SSSR count). The fourth-order valence-corrected chi connectivity index (χ4v) is 2.70. The first-order valence-corrected chi connectivity index (χ1v) is 8.54. The molecule has 1 heterocycles. The molecule has 0 aliphatic heterocycles. The molecule has 2 N–H and O–H groups in total. The third-order valence-electron chi connectivity index (χ3n) is 3.53. The first-order chi connectivity index (χ1) is 10.8. The van der Waals surface area contributed by atoms with Crippen LogP contribution in [0.3, 0.4) is 0 Å². The topological polar surface area (TPSA) is 48.9 Å². The number of H-pyrrole nitrogens is 1. The molecule has 1 aliphatic carbocycles. The van der Waals surface area contributed by atoms with Gasteiger partial charge in [0.2, 0.25) is 0 Å². The number of fused-ring (bicyclic) bond motifs is 1. The molecule has 124 valence electrons. The van der Waals surface area contributed by atoms with Crippen LogP contribution in [0.5, 0.6) is 0 Å². The van der Waals surface area contributed by atoms with Crippen molar-refractivity contribution in [2.75, 3.05) is 0 Å². The SMILES string of the molecule is CC.CC.CC.CC1C(O)c2ccccc2C1c1cnc[nH]1. The minimum absolute atomic E-state index is 0.192. The van der Waals surface area contributed by atoms with Gasteiger partial charge in [-0.1, -0.05) is 72.7 Å². The smallest absolute Gasteiger partial charge is 0.0921 e. The summed E-state index contributed by atoms with van der Waals surface area (Å²) in [6.07, 6.45) is 3.16. The highest BCUT2D eigenvalue weighted by Crippen LogP contribution is 2.47. The van der Waals surface area contributed by atoms with Crippen LogP contribution in [0.4, 0.5) is 0 Å². The Bertz CT molecular complexity index is 494. The average molecular weight is 304 g/mol. The first-order valence-electron chi connectivity index (χ1n) is 8.54. The summed E-state index contributed by atoms with van der Waals surface area (Å²) in [5, 5.41) is 10.2. The van der Waals surface area contributed by atoms with Crippen LogP contribution in [0.1, 0.15) is 77.3 Å². The lowest BCUT2D eigenvalue weighted by Crippen LogP contribution is -2.09. The van der Waals surface area contributed by atoms with Gasteiger partial charge in [0.15, 0.2) is 0 Å². The largest absolute Gasteiger partial charge is 0.388 e. The minimum atomic E-state index is -0.371. The minimum Gasteiger partial charge on any atom is -0.388 e. The van der Waals surface area contributed by atoms with E-state index in [1.165, 1.54) is 5.56 Å². The van der Waals surface area contributed by atoms with Crippen LogP contribution in [-0.4, -0.2) is 15.1 Å². The third kappa shape index (κ3) is 4.20. The van der Waals surface area contributed by atoms with Gasteiger partial charge >= 0.3 is 0 Å². The lowest BCUT2D eigenvalue weighted by molar-refractivity contribution is 0.125. The summed E-state index contributed by atoms with van der Waals surface area (Å²) in [5.41, 5.74) is 3.35. The summed E-state index contributed by atoms with van der Waals surface area (Å²) in [4.78, 5) is 7.21. The van der Waals surface area contributed by atoms with Crippen LogP contribution >= 0.6 is 0 Å². The Morgan fingerprint density at radius 1 is 0.955 bits per heavy atom. The number of rotatable bonds is 1. The monoisotopic (exact) mass is 304 g/mol. The predicted octanol–water partition coefficient (Wildman–Crippen LogP) is 5.30. The molecule has 1 aliphatic rings. The number of imidazole rings is 1. The average Bonchev–Trinajstić information content (AvgIpc) is 3.21. The number of hydrogen-bond acceptors (Lipinski definition) is 2. The zero-order valence-corrected chi connectivity index (χ0v) is 15.1. The normalized spacial score (nSPS) is 21.2. The van der Waals surface area contributed by atoms with E-state index in [1.54, 1.807) is 6.33 Å². The van der Waals surface area contributed by atoms with Gasteiger partial charge in [-0.2, -0.15) is 0 Å². The molecular weight excluding hydrogens is 272 g/mol. The number of benzene rings is 1. The summed E-state index contributed by atoms with van der Waals surface area (Å²) in [6.45, 7) is 14.1. The van der Waals surface area contributed by atoms with Crippen LogP contribution in [0.2, 0.25) is 0 Å². The maximum Gasteiger partial charge on any atom is 0.0921 e. The molecule has 0 saturated heterocycles. The highest BCUT2D eigenvalue weighted by molar-refractivity contribution is 5.42. The lowest BCUT2D eigenvalue weighted by Gasteiger charge is -2.16. The molecule has 1 aromatic carbocycles. The molecule has 0 fully saturated rings. The Hall–Kier alpha value is -1.61. The molecule has 3 nitrogen and oxygen atoms in total. The van der Waals surface area contributed by atoms with Crippen molar-refractivity contribution in [2.45, 2.75) is 60.5 Å². The zero-order chi connectivity index (χ0) is 17.1. The van der Waals surface area contributed by atoms with Crippen LogP contribution in [-0.2, 0) is 0 Å². The number of aromatic nitrogens is 2. The Balaban J connectivity index is 0.000000661. The molecule has 0 saturated carbocycles. The van der Waals surface area contributed by atoms with Crippen molar-refractivity contribution in [1.29, 1.82) is 0 Å². The quantitative estimate of drug-likeness (QED) is 0.750. The van der Waals surface area contributed by atoms with Gasteiger partial charge in [0.1, 0.15) is 0 Å². The van der Waals surface area contributed by atoms with Gasteiger partial charge in [-0.15, -0.1) is 0 Å². The molecule has 0 amide bonds. The van der Waals surface area contributed by atoms with Crippen molar-refractivity contribution in [3.05, 3.63) is 53.6 Å². The van der Waals surface area contributed by atoms with E-state index in [1.807, 2.05) is 65.9 Å². The summed E-state index contributed by atoms with van der Waals surface area (Å²) in [7, 11) is 0. The molecular formula is C19H32N2O. The standard InChI is InChI=1S/C13H14N2O.3C2H6/c1-8-12(11-6-14-7-15-11)9-4-2-3-5-10(9)13(8)16;3*1-2/h2-8,12-13,16H,1H3,(H,14,15);3*1-2H3. The van der Waals surface area contributed by atoms with E-state index in [2.05, 4.69) is 23.0 Å². The van der Waals surface area contributed by atoms with Crippen LogP contribution in [0.15, 0.2) is 36.8 Å². The van der Waals surface area contributed by atoms with Gasteiger partial charge in [0.05, 0.1) is 12.4 Å². The maximum atomic E-state index is 10.2. The number of aliphatic hydroxyl groups is 1. The number of aromatic amines is 1. The summed E-state index contributed by atoms with van der Waals surface area (Å²) in [6, 6.07) is 8.09. The molecule has 1 aromatic heterocycles. The maximum absolute atomic E-state index is 10.2. The highest BCUT2D eigenvalue weighted by atomic mass is 16.3. The molecule has 0 spiro atoms. The number of hydrogen-bond donors (Lipinski definition) is 2. The molecule has 2 aromatic rings. The molecule has 0 bridgehead atoms. The number of aliphatic hydroxyl groups excluding tert-OH is 1. The second-order valence-corrected chi connectivity index (χ2v) is 4.42. The molecule has 3 atom stereocenters. The van der Waals surface area contributed by atoms with E-state index in [0.717, 1.165) is 11.3 Å². The van der Waals surface area contributed by atoms with Crippen molar-refractivity contribution in [3.8, 4) is 0 Å². The second-order valence-electron chi connectivity index (χ2n) is 4.42. The van der Waals surface area contributed by atoms with E-state index in [-0.39, 0.29) is 17.9 Å². The summed E-state index contributed by atoms with van der Waals surface area (Å²) < 4.78 is 0. The van der Waals surface area contributed by atoms with Gasteiger partial charge < -0.3 is 10.1 Å². The molecule has 3 unspecified atom stereocenters. The van der Waals surface area contributed by atoms with E-state index in [0.29, 0.717) is 0 Å². The zero-order valence-electron chi connectivity index (χ0n) is 15.1. The van der Waals surface area contributed by atoms with Crippen molar-refractivity contribution >= 4 is 0 Å². The second kappa shape index (κ2) is 11.0. The van der Waals surface area contributed by atoms with Gasteiger partial charge in [0.25, 0.3) is 0 Å². The van der Waals surface area contributed by atoms with Crippen LogP contribution in [0, 0.1) is 5.92 Å². The first kappa shape index (κ1) is 20.4. The van der Waals surface area contributed by atoms with Gasteiger partial charge in [-0.05, 0) is 17.0 Å². The lowest BCUT2D eigenvalue weighted by atomic mass is 9.91. The predicted molar refractivity (Wildman–Crippen MR) is 95.0 cm³/mol. The Labute approximate surface area is 135 Å². The fraction of sp³-hybridized carbons (Fsp3) is 0.526. The van der Waals surface area contributed by atoms with E-state index < -0.39 is 0 Å². The fourth-order valence-electron chi connectivity index (χ4n) is 2.70. The third-order valence-corrected chi connectivity index (χ3v) is 3.53. The van der Waals surface area contributed by atoms with Crippen molar-refractivity contribution < 1.29 is 5.11 Å². The van der Waals surface area contributed by atoms with Crippen molar-refractivity contribution in [2.24, 2.45) is 5.92 Å². The highest BCUT2D eigenvalue weighted by Gasteiger charge is 2.37. The molecule has 3 heteroatoms. The Morgan fingerprint density at radius 3 is 2.00 bits per heavy atom. The Kier molecular flexibility index (Phi) is 10.2. The van der Waals surface area contributed by atoms with Crippen LogP contribution < -0.4 is 0 Å². The summed E-state index contributed by atoms with van der Waals surface area (Å²) >= 11 is 0. The number of nitrogens with zero attached hydrogens (tertiary/aromatic N) is 1. The van der Waals surface area contributed by atoms with Crippen molar-refractivity contribution in [1.82, 2.24) is 9.97 Å². The van der Waals surface area contributed by atoms with E-state index in [4.69, 9.17) is 0 Å². The van der Waals surface area contributed by atoms with Gasteiger partial charge in [0, 0.05) is 17.8 Å². The van der Waals surface area contributed by atoms with Crippen LogP contribution in [0.25, 0.3) is 0 Å². The Morgan fingerprint density at radius 2 is 1.50 bits per heavy atom. The van der Waals surface area contributed by atoms with E-state index >= 15 is 0 Å². The van der Waals surface area contributed by atoms with E-state index in [9.17, 15) is 5.11 Å². The van der Waals surface area contributed by atoms with Gasteiger partial charge in [-0.25, -0.2) is 4.98 Å². The molecule has 22 heavy (non-hydrogen) atoms. The number of nitrogens with one attached hydrogen (secondary N) is 1. The molecule has 0 radical (unpaired) electrons. The van der Waals surface area contributed by atoms with Gasteiger partial charge in [-0.3, -0.25) is 0 Å².